The fraction of sp³-hybridized carbons (Fsp3) is 0.364. The average Bonchev–Trinajstić information content (AvgIpc) is 3.26. The Kier molecular flexibility index (Phi) is 7.82. The van der Waals surface area contributed by atoms with Crippen LogP contribution in [0.25, 0.3) is 0 Å². The van der Waals surface area contributed by atoms with Gasteiger partial charge in [0.2, 0.25) is 0 Å². The monoisotopic (exact) mass is 451 g/mol. The number of carbonyl (C=O) groups is 1. The lowest BCUT2D eigenvalue weighted by molar-refractivity contribution is -0.132. The maximum Gasteiger partial charge on any atom is 0.360 e. The van der Waals surface area contributed by atoms with Crippen molar-refractivity contribution in [2.45, 2.75) is 38.4 Å². The van der Waals surface area contributed by atoms with Crippen LogP contribution in [0.1, 0.15) is 36.8 Å². The Morgan fingerprint density at radius 1 is 1.10 bits per heavy atom. The molecule has 0 heterocycles. The minimum atomic E-state index is -0.608. The minimum absolute atomic E-state index is 0.0515. The van der Waals surface area contributed by atoms with Crippen molar-refractivity contribution in [3.05, 3.63) is 57.6 Å². The van der Waals surface area contributed by atoms with Gasteiger partial charge in [-0.15, -0.1) is 0 Å². The number of benzene rings is 2. The quantitative estimate of drug-likeness (QED) is 0.304. The second-order valence-electron chi connectivity index (χ2n) is 6.80. The fourth-order valence-electron chi connectivity index (χ4n) is 3.33. The van der Waals surface area contributed by atoms with Crippen LogP contribution in [0.3, 0.4) is 0 Å². The molecule has 2 aromatic carbocycles. The molecular weight excluding hydrogens is 429 g/mol. The maximum atomic E-state index is 12.1. The summed E-state index contributed by atoms with van der Waals surface area (Å²) in [5, 5.41) is 4.59. The first kappa shape index (κ1) is 22.2. The van der Waals surface area contributed by atoms with Crippen LogP contribution in [0.2, 0.25) is 10.0 Å². The third-order valence-corrected chi connectivity index (χ3v) is 5.35. The molecule has 0 N–H and O–H groups in total. The summed E-state index contributed by atoms with van der Waals surface area (Å²) in [6.45, 7) is 0.158. The van der Waals surface area contributed by atoms with Crippen molar-refractivity contribution in [1.29, 1.82) is 0 Å². The Labute approximate surface area is 185 Å². The van der Waals surface area contributed by atoms with Gasteiger partial charge in [-0.05, 0) is 31.2 Å². The van der Waals surface area contributed by atoms with E-state index in [9.17, 15) is 4.79 Å². The molecule has 30 heavy (non-hydrogen) atoms. The van der Waals surface area contributed by atoms with Crippen molar-refractivity contribution in [1.82, 2.24) is 0 Å². The lowest BCUT2D eigenvalue weighted by Gasteiger charge is -2.17. The van der Waals surface area contributed by atoms with Gasteiger partial charge in [0.05, 0.1) is 23.3 Å². The van der Waals surface area contributed by atoms with Crippen molar-refractivity contribution in [2.75, 3.05) is 14.2 Å². The molecule has 0 unspecified atom stereocenters. The van der Waals surface area contributed by atoms with Gasteiger partial charge in [-0.3, -0.25) is 0 Å². The number of rotatable bonds is 8. The van der Waals surface area contributed by atoms with Gasteiger partial charge in [-0.25, -0.2) is 4.79 Å². The highest BCUT2D eigenvalue weighted by Gasteiger charge is 2.21. The molecule has 0 bridgehead atoms. The van der Waals surface area contributed by atoms with E-state index in [-0.39, 0.29) is 18.4 Å². The number of ether oxygens (including phenoxy) is 3. The van der Waals surface area contributed by atoms with Crippen LogP contribution in [0.5, 0.6) is 11.5 Å². The van der Waals surface area contributed by atoms with Crippen LogP contribution in [0.4, 0.5) is 0 Å². The van der Waals surface area contributed by atoms with Gasteiger partial charge in [0.1, 0.15) is 19.5 Å². The second-order valence-corrected chi connectivity index (χ2v) is 7.61. The largest absolute Gasteiger partial charge is 0.489 e. The normalized spacial score (nSPS) is 14.5. The van der Waals surface area contributed by atoms with Gasteiger partial charge in [-0.2, -0.15) is 0 Å². The highest BCUT2D eigenvalue weighted by atomic mass is 35.5. The van der Waals surface area contributed by atoms with E-state index in [1.54, 1.807) is 24.3 Å². The summed E-state index contributed by atoms with van der Waals surface area (Å²) in [5.74, 6) is 0.365. The van der Waals surface area contributed by atoms with Crippen molar-refractivity contribution >= 4 is 34.9 Å². The first-order valence-corrected chi connectivity index (χ1v) is 10.3. The van der Waals surface area contributed by atoms with Crippen molar-refractivity contribution in [3.63, 3.8) is 0 Å². The van der Waals surface area contributed by atoms with E-state index in [1.807, 2.05) is 12.1 Å². The van der Waals surface area contributed by atoms with E-state index in [0.717, 1.165) is 31.2 Å². The lowest BCUT2D eigenvalue weighted by atomic mass is 10.0. The summed E-state index contributed by atoms with van der Waals surface area (Å²) in [6, 6.07) is 10.5. The summed E-state index contributed by atoms with van der Waals surface area (Å²) < 4.78 is 16.7. The number of methoxy groups -OCH3 is 1. The Bertz CT molecular complexity index is 902. The summed E-state index contributed by atoms with van der Waals surface area (Å²) in [7, 11) is 2.65. The number of oxime groups is 1. The molecule has 0 radical (unpaired) electrons. The van der Waals surface area contributed by atoms with Crippen LogP contribution in [-0.2, 0) is 21.0 Å². The van der Waals surface area contributed by atoms with Gasteiger partial charge >= 0.3 is 5.97 Å². The number of hydrogen-bond acceptors (Lipinski definition) is 6. The maximum absolute atomic E-state index is 12.1. The van der Waals surface area contributed by atoms with Crippen molar-refractivity contribution < 1.29 is 23.8 Å². The Morgan fingerprint density at radius 2 is 1.77 bits per heavy atom. The summed E-state index contributed by atoms with van der Waals surface area (Å²) in [4.78, 5) is 16.9. The predicted octanol–water partition coefficient (Wildman–Crippen LogP) is 5.42. The molecule has 0 aromatic heterocycles. The SMILES string of the molecule is CO/N=C(/C(=O)OC)c1ccccc1COc1cc(Cl)c(OC2CCCC2)c(Cl)c1. The molecule has 1 aliphatic rings. The molecule has 0 amide bonds. The molecule has 0 atom stereocenters. The molecule has 2 aromatic rings. The van der Waals surface area contributed by atoms with Crippen molar-refractivity contribution in [3.8, 4) is 11.5 Å². The molecule has 1 saturated carbocycles. The molecule has 6 nitrogen and oxygen atoms in total. The van der Waals surface area contributed by atoms with Gasteiger partial charge in [-0.1, -0.05) is 52.6 Å². The third kappa shape index (κ3) is 5.37. The van der Waals surface area contributed by atoms with Crippen LogP contribution < -0.4 is 9.47 Å². The predicted molar refractivity (Wildman–Crippen MR) is 116 cm³/mol. The van der Waals surface area contributed by atoms with Gasteiger partial charge in [0.25, 0.3) is 0 Å². The first-order chi connectivity index (χ1) is 14.5. The highest BCUT2D eigenvalue weighted by Crippen LogP contribution is 2.39. The first-order valence-electron chi connectivity index (χ1n) is 9.59. The van der Waals surface area contributed by atoms with E-state index < -0.39 is 5.97 Å². The number of halogens is 2. The third-order valence-electron chi connectivity index (χ3n) is 4.79. The fourth-order valence-corrected chi connectivity index (χ4v) is 3.88. The Morgan fingerprint density at radius 3 is 2.40 bits per heavy atom. The highest BCUT2D eigenvalue weighted by molar-refractivity contribution is 6.43. The zero-order valence-electron chi connectivity index (χ0n) is 16.8. The Balaban J connectivity index is 1.77. The molecule has 160 valence electrons. The molecule has 0 aliphatic heterocycles. The summed E-state index contributed by atoms with van der Waals surface area (Å²) in [6.07, 6.45) is 4.47. The number of esters is 1. The average molecular weight is 452 g/mol. The van der Waals surface area contributed by atoms with Crippen LogP contribution in [0, 0.1) is 0 Å². The van der Waals surface area contributed by atoms with E-state index >= 15 is 0 Å². The van der Waals surface area contributed by atoms with Gasteiger partial charge in [0.15, 0.2) is 11.5 Å². The van der Waals surface area contributed by atoms with Gasteiger partial charge < -0.3 is 19.0 Å². The molecule has 0 saturated heterocycles. The lowest BCUT2D eigenvalue weighted by Crippen LogP contribution is -2.19. The van der Waals surface area contributed by atoms with Crippen molar-refractivity contribution in [2.24, 2.45) is 5.16 Å². The zero-order valence-corrected chi connectivity index (χ0v) is 18.3. The van der Waals surface area contributed by atoms with E-state index in [4.69, 9.17) is 42.3 Å². The Hall–Kier alpha value is -2.44. The minimum Gasteiger partial charge on any atom is -0.489 e. The molecule has 0 spiro atoms. The molecule has 8 heteroatoms. The van der Waals surface area contributed by atoms with Crippen LogP contribution >= 0.6 is 23.2 Å². The summed E-state index contributed by atoms with van der Waals surface area (Å²) >= 11 is 12.8. The topological polar surface area (TPSA) is 66.4 Å². The zero-order chi connectivity index (χ0) is 21.5. The molecule has 3 rings (SSSR count). The smallest absolute Gasteiger partial charge is 0.360 e. The van der Waals surface area contributed by atoms with E-state index in [2.05, 4.69) is 5.16 Å². The number of hydrogen-bond donors (Lipinski definition) is 0. The second kappa shape index (κ2) is 10.5. The van der Waals surface area contributed by atoms with E-state index in [0.29, 0.717) is 27.1 Å². The van der Waals surface area contributed by atoms with Gasteiger partial charge in [0, 0.05) is 17.7 Å². The summed E-state index contributed by atoms with van der Waals surface area (Å²) in [5.41, 5.74) is 1.32. The molecule has 1 fully saturated rings. The standard InChI is InChI=1S/C22H23Cl2NO5/c1-27-22(26)20(25-28-2)17-10-6-3-7-14(17)13-29-16-11-18(23)21(19(24)12-16)30-15-8-4-5-9-15/h3,6-7,10-12,15H,4-5,8-9,13H2,1-2H3/b25-20+. The van der Waals surface area contributed by atoms with E-state index in [1.165, 1.54) is 14.2 Å². The molecular formula is C22H23Cl2NO5. The van der Waals surface area contributed by atoms with Crippen LogP contribution in [-0.4, -0.2) is 32.0 Å². The van der Waals surface area contributed by atoms with Crippen LogP contribution in [0.15, 0.2) is 41.6 Å². The number of carbonyl (C=O) groups excluding carboxylic acids is 1. The molecule has 1 aliphatic carbocycles. The number of nitrogens with zero attached hydrogens (tertiary/aromatic N) is 1.